The highest BCUT2D eigenvalue weighted by Crippen LogP contribution is 2.37. The molecule has 1 saturated heterocycles. The van der Waals surface area contributed by atoms with Gasteiger partial charge in [-0.25, -0.2) is 31.9 Å². The number of H-pyrrole nitrogens is 1. The average molecular weight is 539 g/mol. The second-order valence-corrected chi connectivity index (χ2v) is 8.54. The van der Waals surface area contributed by atoms with Gasteiger partial charge >= 0.3 is 6.18 Å². The first kappa shape index (κ1) is 25.5. The molecule has 1 aliphatic heterocycles. The lowest BCUT2D eigenvalue weighted by Gasteiger charge is -2.36. The molecule has 13 heteroatoms. The standard InChI is InChI=1S/C25H17F8N5/c26-15-8-13(9-16(27)12-15)21-22(14-10-18(28)20(30)19(29)11-14)36-24(35-21)38-6-4-37(5-7-38)23-17(25(31,32)33)2-1-3-34-23/h1-3,8-12H,4-7H2,(H,35,36). The average Bonchev–Trinajstić information content (AvgIpc) is 3.32. The number of anilines is 2. The molecule has 38 heavy (non-hydrogen) atoms. The van der Waals surface area contributed by atoms with Crippen LogP contribution in [0.5, 0.6) is 0 Å². The van der Waals surface area contributed by atoms with Gasteiger partial charge in [-0.1, -0.05) is 0 Å². The van der Waals surface area contributed by atoms with Crippen LogP contribution in [0, 0.1) is 29.1 Å². The minimum absolute atomic E-state index is 0.0330. The predicted molar refractivity (Wildman–Crippen MR) is 123 cm³/mol. The summed E-state index contributed by atoms with van der Waals surface area (Å²) in [6.45, 7) is 0.591. The number of pyridine rings is 1. The summed E-state index contributed by atoms with van der Waals surface area (Å²) < 4.78 is 110. The summed E-state index contributed by atoms with van der Waals surface area (Å²) in [5.41, 5.74) is -1.18. The fourth-order valence-corrected chi connectivity index (χ4v) is 4.32. The molecule has 0 radical (unpaired) electrons. The normalized spacial score (nSPS) is 14.3. The Balaban J connectivity index is 1.49. The molecule has 2 aromatic carbocycles. The van der Waals surface area contributed by atoms with Crippen LogP contribution in [0.2, 0.25) is 0 Å². The van der Waals surface area contributed by atoms with E-state index >= 15 is 0 Å². The van der Waals surface area contributed by atoms with Gasteiger partial charge in [-0.05, 0) is 36.4 Å². The van der Waals surface area contributed by atoms with Crippen LogP contribution in [-0.2, 0) is 6.18 Å². The first-order chi connectivity index (χ1) is 18.0. The van der Waals surface area contributed by atoms with Crippen molar-refractivity contribution in [2.24, 2.45) is 0 Å². The first-order valence-electron chi connectivity index (χ1n) is 11.2. The zero-order valence-corrected chi connectivity index (χ0v) is 19.3. The van der Waals surface area contributed by atoms with E-state index in [9.17, 15) is 35.1 Å². The van der Waals surface area contributed by atoms with E-state index in [-0.39, 0.29) is 60.5 Å². The van der Waals surface area contributed by atoms with Crippen molar-refractivity contribution in [1.29, 1.82) is 0 Å². The van der Waals surface area contributed by atoms with Crippen molar-refractivity contribution in [3.8, 4) is 22.5 Å². The van der Waals surface area contributed by atoms with E-state index in [0.29, 0.717) is 18.2 Å². The summed E-state index contributed by atoms with van der Waals surface area (Å²) in [6, 6.07) is 6.16. The molecule has 0 unspecified atom stereocenters. The molecule has 4 aromatic rings. The number of hydrogen-bond acceptors (Lipinski definition) is 4. The molecular formula is C25H17F8N5. The summed E-state index contributed by atoms with van der Waals surface area (Å²) >= 11 is 0. The van der Waals surface area contributed by atoms with Crippen molar-refractivity contribution in [2.75, 3.05) is 36.0 Å². The Labute approximate surface area is 210 Å². The van der Waals surface area contributed by atoms with Crippen molar-refractivity contribution in [2.45, 2.75) is 6.18 Å². The number of aromatic nitrogens is 3. The SMILES string of the molecule is Fc1cc(F)cc(-c2nc(N3CCN(c4ncccc4C(F)(F)F)CC3)[nH]c2-c2cc(F)c(F)c(F)c2)c1. The predicted octanol–water partition coefficient (Wildman–Crippen LogP) is 6.18. The molecule has 0 amide bonds. The van der Waals surface area contributed by atoms with Crippen LogP contribution in [0.4, 0.5) is 46.9 Å². The number of piperazine rings is 1. The molecule has 5 nitrogen and oxygen atoms in total. The van der Waals surface area contributed by atoms with Crippen molar-refractivity contribution in [3.63, 3.8) is 0 Å². The van der Waals surface area contributed by atoms with Crippen molar-refractivity contribution in [1.82, 2.24) is 15.0 Å². The van der Waals surface area contributed by atoms with Crippen molar-refractivity contribution in [3.05, 3.63) is 83.3 Å². The summed E-state index contributed by atoms with van der Waals surface area (Å²) in [4.78, 5) is 14.3. The maximum absolute atomic E-state index is 14.0. The van der Waals surface area contributed by atoms with E-state index in [4.69, 9.17) is 0 Å². The minimum Gasteiger partial charge on any atom is -0.353 e. The Morgan fingerprint density at radius 1 is 0.763 bits per heavy atom. The second-order valence-electron chi connectivity index (χ2n) is 8.54. The monoisotopic (exact) mass is 539 g/mol. The van der Waals surface area contributed by atoms with Crippen LogP contribution in [0.1, 0.15) is 5.56 Å². The minimum atomic E-state index is -4.59. The molecule has 5 rings (SSSR count). The topological polar surface area (TPSA) is 48.1 Å². The van der Waals surface area contributed by atoms with Crippen LogP contribution in [0.3, 0.4) is 0 Å². The molecule has 0 bridgehead atoms. The van der Waals surface area contributed by atoms with Crippen molar-refractivity contribution >= 4 is 11.8 Å². The molecular weight excluding hydrogens is 522 g/mol. The molecule has 1 N–H and O–H groups in total. The van der Waals surface area contributed by atoms with E-state index in [1.807, 2.05) is 0 Å². The summed E-state index contributed by atoms with van der Waals surface area (Å²) in [6.07, 6.45) is -3.33. The van der Waals surface area contributed by atoms with Gasteiger partial charge in [-0.3, -0.25) is 0 Å². The zero-order valence-electron chi connectivity index (χ0n) is 19.3. The Bertz CT molecular complexity index is 1450. The van der Waals surface area contributed by atoms with Gasteiger partial charge in [0, 0.05) is 49.6 Å². The number of alkyl halides is 3. The van der Waals surface area contributed by atoms with E-state index in [1.54, 1.807) is 4.90 Å². The lowest BCUT2D eigenvalue weighted by molar-refractivity contribution is -0.137. The summed E-state index contributed by atoms with van der Waals surface area (Å²) in [5, 5.41) is 0. The third-order valence-corrected chi connectivity index (χ3v) is 6.07. The summed E-state index contributed by atoms with van der Waals surface area (Å²) in [7, 11) is 0. The molecule has 1 fully saturated rings. The molecule has 1 aliphatic rings. The van der Waals surface area contributed by atoms with Gasteiger partial charge in [0.05, 0.1) is 17.0 Å². The molecule has 3 heterocycles. The van der Waals surface area contributed by atoms with Gasteiger partial charge in [0.1, 0.15) is 17.5 Å². The molecule has 2 aromatic heterocycles. The van der Waals surface area contributed by atoms with Gasteiger partial charge in [0.2, 0.25) is 5.95 Å². The number of hydrogen-bond donors (Lipinski definition) is 1. The van der Waals surface area contributed by atoms with Crippen LogP contribution in [-0.4, -0.2) is 41.1 Å². The fourth-order valence-electron chi connectivity index (χ4n) is 4.32. The van der Waals surface area contributed by atoms with Crippen LogP contribution in [0.15, 0.2) is 48.7 Å². The Kier molecular flexibility index (Phi) is 6.45. The number of imidazole rings is 1. The van der Waals surface area contributed by atoms with Gasteiger partial charge in [0.15, 0.2) is 17.5 Å². The van der Waals surface area contributed by atoms with Crippen LogP contribution in [0.25, 0.3) is 22.5 Å². The third kappa shape index (κ3) is 4.87. The van der Waals surface area contributed by atoms with Gasteiger partial charge in [-0.15, -0.1) is 0 Å². The van der Waals surface area contributed by atoms with E-state index in [0.717, 1.165) is 18.2 Å². The Morgan fingerprint density at radius 2 is 1.37 bits per heavy atom. The quantitative estimate of drug-likeness (QED) is 0.249. The molecule has 0 atom stereocenters. The highest BCUT2D eigenvalue weighted by molar-refractivity contribution is 5.80. The summed E-state index contributed by atoms with van der Waals surface area (Å²) in [5.74, 6) is -6.55. The fraction of sp³-hybridized carbons (Fsp3) is 0.200. The zero-order chi connectivity index (χ0) is 27.2. The lowest BCUT2D eigenvalue weighted by atomic mass is 10.0. The maximum Gasteiger partial charge on any atom is 0.419 e. The number of nitrogens with zero attached hydrogens (tertiary/aromatic N) is 4. The highest BCUT2D eigenvalue weighted by atomic mass is 19.4. The highest BCUT2D eigenvalue weighted by Gasteiger charge is 2.36. The largest absolute Gasteiger partial charge is 0.419 e. The molecule has 0 spiro atoms. The van der Waals surface area contributed by atoms with Crippen molar-refractivity contribution < 1.29 is 35.1 Å². The molecule has 0 aliphatic carbocycles. The number of rotatable bonds is 4. The Morgan fingerprint density at radius 3 is 1.97 bits per heavy atom. The van der Waals surface area contributed by atoms with Gasteiger partial charge in [-0.2, -0.15) is 13.2 Å². The molecule has 198 valence electrons. The Hall–Kier alpha value is -4.16. The smallest absolute Gasteiger partial charge is 0.353 e. The maximum atomic E-state index is 14.0. The van der Waals surface area contributed by atoms with Crippen LogP contribution >= 0.6 is 0 Å². The van der Waals surface area contributed by atoms with Crippen LogP contribution < -0.4 is 9.80 Å². The van der Waals surface area contributed by atoms with Gasteiger partial charge < -0.3 is 14.8 Å². The van der Waals surface area contributed by atoms with E-state index in [2.05, 4.69) is 15.0 Å². The number of benzene rings is 2. The van der Waals surface area contributed by atoms with E-state index < -0.39 is 40.8 Å². The van der Waals surface area contributed by atoms with Gasteiger partial charge in [0.25, 0.3) is 0 Å². The first-order valence-corrected chi connectivity index (χ1v) is 11.2. The number of aromatic amines is 1. The lowest BCUT2D eigenvalue weighted by Crippen LogP contribution is -2.47. The second kappa shape index (κ2) is 9.62. The molecule has 0 saturated carbocycles. The number of halogens is 8. The van der Waals surface area contributed by atoms with E-state index in [1.165, 1.54) is 17.2 Å². The number of nitrogens with one attached hydrogen (secondary N) is 1. The third-order valence-electron chi connectivity index (χ3n) is 6.07.